The summed E-state index contributed by atoms with van der Waals surface area (Å²) in [5.74, 6) is 0.0130. The van der Waals surface area contributed by atoms with Gasteiger partial charge in [0.25, 0.3) is 0 Å². The standard InChI is InChI=1S/C13H26NO2/c1-4-5-6-7-11-16-13(15)12-9-8-10-14(12,2)3/h12H,4-11H2,1-3H3/q+1. The van der Waals surface area contributed by atoms with Gasteiger partial charge in [-0.25, -0.2) is 4.79 Å². The zero-order valence-electron chi connectivity index (χ0n) is 11.0. The van der Waals surface area contributed by atoms with Crippen LogP contribution in [0.25, 0.3) is 0 Å². The van der Waals surface area contributed by atoms with Crippen LogP contribution in [0.4, 0.5) is 0 Å². The summed E-state index contributed by atoms with van der Waals surface area (Å²) in [4.78, 5) is 11.9. The Bertz CT molecular complexity index is 226. The SMILES string of the molecule is CCCCCCOC(=O)C1CCC[N+]1(C)C. The molecular weight excluding hydrogens is 202 g/mol. The van der Waals surface area contributed by atoms with Gasteiger partial charge < -0.3 is 9.22 Å². The average Bonchev–Trinajstić information content (AvgIpc) is 2.57. The molecule has 16 heavy (non-hydrogen) atoms. The van der Waals surface area contributed by atoms with Crippen LogP contribution in [0.5, 0.6) is 0 Å². The van der Waals surface area contributed by atoms with Gasteiger partial charge in [0.05, 0.1) is 27.2 Å². The van der Waals surface area contributed by atoms with E-state index in [1.54, 1.807) is 0 Å². The lowest BCUT2D eigenvalue weighted by atomic mass is 10.2. The van der Waals surface area contributed by atoms with Crippen molar-refractivity contribution < 1.29 is 14.0 Å². The van der Waals surface area contributed by atoms with Crippen molar-refractivity contribution in [2.45, 2.75) is 51.5 Å². The minimum atomic E-state index is 0.0130. The second-order valence-electron chi connectivity index (χ2n) is 5.39. The third-order valence-electron chi connectivity index (χ3n) is 3.57. The van der Waals surface area contributed by atoms with Crippen LogP contribution in [0.15, 0.2) is 0 Å². The molecule has 0 bridgehead atoms. The molecule has 1 aliphatic rings. The second-order valence-corrected chi connectivity index (χ2v) is 5.39. The Kier molecular flexibility index (Phi) is 5.26. The minimum absolute atomic E-state index is 0.0130. The average molecular weight is 228 g/mol. The van der Waals surface area contributed by atoms with Crippen molar-refractivity contribution in [2.75, 3.05) is 27.2 Å². The second kappa shape index (κ2) is 6.24. The molecule has 1 aliphatic heterocycles. The van der Waals surface area contributed by atoms with Gasteiger partial charge in [-0.15, -0.1) is 0 Å². The number of carbonyl (C=O) groups is 1. The molecule has 0 spiro atoms. The van der Waals surface area contributed by atoms with E-state index in [1.165, 1.54) is 19.3 Å². The number of quaternary nitrogens is 1. The van der Waals surface area contributed by atoms with Crippen LogP contribution in [0.2, 0.25) is 0 Å². The summed E-state index contributed by atoms with van der Waals surface area (Å²) in [6.45, 7) is 3.88. The molecule has 3 heteroatoms. The Morgan fingerprint density at radius 1 is 1.31 bits per heavy atom. The third kappa shape index (κ3) is 3.78. The maximum absolute atomic E-state index is 11.9. The number of likely N-dealkylation sites (tertiary alicyclic amines) is 1. The molecule has 0 N–H and O–H groups in total. The van der Waals surface area contributed by atoms with E-state index in [1.807, 2.05) is 0 Å². The molecule has 0 amide bonds. The van der Waals surface area contributed by atoms with E-state index in [0.29, 0.717) is 6.61 Å². The van der Waals surface area contributed by atoms with Crippen molar-refractivity contribution in [2.24, 2.45) is 0 Å². The molecule has 1 fully saturated rings. The largest absolute Gasteiger partial charge is 0.461 e. The fourth-order valence-electron chi connectivity index (χ4n) is 2.40. The number of hydrogen-bond donors (Lipinski definition) is 0. The molecule has 1 unspecified atom stereocenters. The first-order chi connectivity index (χ1) is 7.58. The van der Waals surface area contributed by atoms with E-state index >= 15 is 0 Å². The maximum atomic E-state index is 11.9. The Labute approximate surface area is 99.4 Å². The first kappa shape index (κ1) is 13.5. The lowest BCUT2D eigenvalue weighted by molar-refractivity contribution is -0.893. The van der Waals surface area contributed by atoms with Gasteiger partial charge in [0, 0.05) is 12.8 Å². The quantitative estimate of drug-likeness (QED) is 0.396. The van der Waals surface area contributed by atoms with E-state index in [2.05, 4.69) is 21.0 Å². The zero-order chi connectivity index (χ0) is 12.0. The summed E-state index contributed by atoms with van der Waals surface area (Å²) < 4.78 is 6.15. The van der Waals surface area contributed by atoms with Gasteiger partial charge in [-0.3, -0.25) is 0 Å². The highest BCUT2D eigenvalue weighted by Crippen LogP contribution is 2.23. The number of hydrogen-bond acceptors (Lipinski definition) is 2. The number of nitrogens with zero attached hydrogens (tertiary/aromatic N) is 1. The summed E-state index contributed by atoms with van der Waals surface area (Å²) in [7, 11) is 4.24. The van der Waals surface area contributed by atoms with E-state index in [9.17, 15) is 4.79 Å². The van der Waals surface area contributed by atoms with Gasteiger partial charge in [0.1, 0.15) is 0 Å². The molecule has 3 nitrogen and oxygen atoms in total. The van der Waals surface area contributed by atoms with Crippen LogP contribution in [-0.4, -0.2) is 43.7 Å². The first-order valence-electron chi connectivity index (χ1n) is 6.57. The van der Waals surface area contributed by atoms with Crippen molar-refractivity contribution in [3.8, 4) is 0 Å². The van der Waals surface area contributed by atoms with Crippen molar-refractivity contribution in [1.29, 1.82) is 0 Å². The lowest BCUT2D eigenvalue weighted by Crippen LogP contribution is -2.48. The molecule has 0 aromatic rings. The highest BCUT2D eigenvalue weighted by atomic mass is 16.5. The Morgan fingerprint density at radius 2 is 2.06 bits per heavy atom. The van der Waals surface area contributed by atoms with Gasteiger partial charge in [-0.05, 0) is 6.42 Å². The summed E-state index contributed by atoms with van der Waals surface area (Å²) in [5, 5.41) is 0. The van der Waals surface area contributed by atoms with Crippen LogP contribution in [0.1, 0.15) is 45.4 Å². The molecule has 1 heterocycles. The van der Waals surface area contributed by atoms with Crippen molar-refractivity contribution >= 4 is 5.97 Å². The number of unbranched alkanes of at least 4 members (excludes halogenated alkanes) is 3. The van der Waals surface area contributed by atoms with Gasteiger partial charge in [0.15, 0.2) is 6.04 Å². The van der Waals surface area contributed by atoms with Gasteiger partial charge in [-0.2, -0.15) is 0 Å². The fourth-order valence-corrected chi connectivity index (χ4v) is 2.40. The van der Waals surface area contributed by atoms with Crippen molar-refractivity contribution in [3.05, 3.63) is 0 Å². The highest BCUT2D eigenvalue weighted by molar-refractivity contribution is 5.74. The summed E-state index contributed by atoms with van der Waals surface area (Å²) >= 11 is 0. The molecule has 94 valence electrons. The van der Waals surface area contributed by atoms with Crippen LogP contribution >= 0.6 is 0 Å². The topological polar surface area (TPSA) is 26.3 Å². The highest BCUT2D eigenvalue weighted by Gasteiger charge is 2.40. The van der Waals surface area contributed by atoms with Gasteiger partial charge in [0.2, 0.25) is 0 Å². The first-order valence-corrected chi connectivity index (χ1v) is 6.57. The number of esters is 1. The molecule has 1 rings (SSSR count). The lowest BCUT2D eigenvalue weighted by Gasteiger charge is -2.29. The maximum Gasteiger partial charge on any atom is 0.364 e. The predicted octanol–water partition coefficient (Wildman–Crippen LogP) is 2.35. The monoisotopic (exact) mass is 228 g/mol. The number of rotatable bonds is 6. The Morgan fingerprint density at radius 3 is 2.62 bits per heavy atom. The smallest absolute Gasteiger partial charge is 0.364 e. The number of likely N-dealkylation sites (N-methyl/N-ethyl adjacent to an activating group) is 1. The van der Waals surface area contributed by atoms with Gasteiger partial charge >= 0.3 is 5.97 Å². The summed E-state index contributed by atoms with van der Waals surface area (Å²) in [5.41, 5.74) is 0. The van der Waals surface area contributed by atoms with E-state index < -0.39 is 0 Å². The summed E-state index contributed by atoms with van der Waals surface area (Å²) in [6.07, 6.45) is 6.78. The van der Waals surface area contributed by atoms with Crippen molar-refractivity contribution in [3.63, 3.8) is 0 Å². The molecule has 0 aromatic carbocycles. The van der Waals surface area contributed by atoms with E-state index in [-0.39, 0.29) is 12.0 Å². The third-order valence-corrected chi connectivity index (χ3v) is 3.57. The van der Waals surface area contributed by atoms with Crippen LogP contribution in [0.3, 0.4) is 0 Å². The Hall–Kier alpha value is -0.570. The Balaban J connectivity index is 2.20. The normalized spacial score (nSPS) is 23.3. The molecule has 1 atom stereocenters. The van der Waals surface area contributed by atoms with Crippen LogP contribution in [0, 0.1) is 0 Å². The molecule has 0 aliphatic carbocycles. The summed E-state index contributed by atoms with van der Waals surface area (Å²) in [6, 6.07) is 0.0752. The molecule has 0 aromatic heterocycles. The van der Waals surface area contributed by atoms with Gasteiger partial charge in [-0.1, -0.05) is 26.2 Å². The van der Waals surface area contributed by atoms with Crippen LogP contribution < -0.4 is 0 Å². The van der Waals surface area contributed by atoms with Crippen molar-refractivity contribution in [1.82, 2.24) is 0 Å². The minimum Gasteiger partial charge on any atom is -0.461 e. The zero-order valence-corrected chi connectivity index (χ0v) is 11.0. The molecule has 1 saturated heterocycles. The molecular formula is C13H26NO2+. The fraction of sp³-hybridized carbons (Fsp3) is 0.923. The number of ether oxygens (including phenoxy) is 1. The molecule has 0 radical (unpaired) electrons. The number of carbonyl (C=O) groups excluding carboxylic acids is 1. The van der Waals surface area contributed by atoms with E-state index in [4.69, 9.17) is 4.74 Å². The van der Waals surface area contributed by atoms with E-state index in [0.717, 1.165) is 30.3 Å². The predicted molar refractivity (Wildman–Crippen MR) is 65.1 cm³/mol. The van der Waals surface area contributed by atoms with Crippen LogP contribution in [-0.2, 0) is 9.53 Å². The molecule has 0 saturated carbocycles.